The molecular weight excluding hydrogens is 306 g/mol. The zero-order chi connectivity index (χ0) is 16.9. The van der Waals surface area contributed by atoms with Crippen molar-refractivity contribution in [3.05, 3.63) is 70.6 Å². The van der Waals surface area contributed by atoms with E-state index in [-0.39, 0.29) is 17.2 Å². The Morgan fingerprint density at radius 1 is 1.12 bits per heavy atom. The van der Waals surface area contributed by atoms with Gasteiger partial charge in [0.05, 0.1) is 13.2 Å². The standard InChI is InChI=1S/C18H17N3O3/c1-24-12-11-21-17(22)10-9-16(20-21)18(23)19-15-8-4-6-13-5-2-3-7-14(13)15/h2-10H,11-12H2,1H3,(H,19,23). The molecule has 1 aromatic heterocycles. The number of rotatable bonds is 5. The first-order chi connectivity index (χ1) is 11.7. The van der Waals surface area contributed by atoms with Gasteiger partial charge in [-0.25, -0.2) is 4.68 Å². The summed E-state index contributed by atoms with van der Waals surface area (Å²) in [5.41, 5.74) is 0.613. The summed E-state index contributed by atoms with van der Waals surface area (Å²) < 4.78 is 6.17. The Balaban J connectivity index is 1.88. The minimum atomic E-state index is -0.363. The minimum absolute atomic E-state index is 0.179. The van der Waals surface area contributed by atoms with Crippen LogP contribution >= 0.6 is 0 Å². The summed E-state index contributed by atoms with van der Waals surface area (Å²) in [4.78, 5) is 24.2. The minimum Gasteiger partial charge on any atom is -0.383 e. The molecule has 0 unspecified atom stereocenters. The summed E-state index contributed by atoms with van der Waals surface area (Å²) in [7, 11) is 1.54. The SMILES string of the molecule is COCCn1nc(C(=O)Nc2cccc3ccccc23)ccc1=O. The number of aromatic nitrogens is 2. The Morgan fingerprint density at radius 3 is 2.75 bits per heavy atom. The Kier molecular flexibility index (Phi) is 4.67. The molecule has 6 heteroatoms. The fourth-order valence-corrected chi connectivity index (χ4v) is 2.43. The van der Waals surface area contributed by atoms with Gasteiger partial charge in [0, 0.05) is 24.2 Å². The average molecular weight is 323 g/mol. The number of hydrogen-bond acceptors (Lipinski definition) is 4. The zero-order valence-corrected chi connectivity index (χ0v) is 13.2. The van der Waals surface area contributed by atoms with Crippen molar-refractivity contribution in [2.24, 2.45) is 0 Å². The molecule has 0 saturated heterocycles. The summed E-state index contributed by atoms with van der Waals surface area (Å²) in [5, 5.41) is 8.93. The summed E-state index contributed by atoms with van der Waals surface area (Å²) in [6.07, 6.45) is 0. The van der Waals surface area contributed by atoms with Crippen LogP contribution in [0.3, 0.4) is 0 Å². The maximum absolute atomic E-state index is 12.5. The molecule has 0 aliphatic rings. The number of ether oxygens (including phenoxy) is 1. The number of anilines is 1. The molecule has 0 radical (unpaired) electrons. The highest BCUT2D eigenvalue weighted by molar-refractivity contribution is 6.08. The van der Waals surface area contributed by atoms with Crippen LogP contribution in [0.15, 0.2) is 59.4 Å². The highest BCUT2D eigenvalue weighted by Gasteiger charge is 2.11. The van der Waals surface area contributed by atoms with Gasteiger partial charge in [0.1, 0.15) is 5.69 Å². The van der Waals surface area contributed by atoms with Crippen LogP contribution in [-0.4, -0.2) is 29.4 Å². The van der Waals surface area contributed by atoms with Crippen molar-refractivity contribution >= 4 is 22.4 Å². The highest BCUT2D eigenvalue weighted by atomic mass is 16.5. The number of hydrogen-bond donors (Lipinski definition) is 1. The predicted octanol–water partition coefficient (Wildman–Crippen LogP) is 2.30. The van der Waals surface area contributed by atoms with Crippen molar-refractivity contribution in [3.8, 4) is 0 Å². The number of methoxy groups -OCH3 is 1. The van der Waals surface area contributed by atoms with Crippen LogP contribution in [0.5, 0.6) is 0 Å². The number of amides is 1. The monoisotopic (exact) mass is 323 g/mol. The first-order valence-electron chi connectivity index (χ1n) is 7.55. The van der Waals surface area contributed by atoms with Gasteiger partial charge in [-0.1, -0.05) is 36.4 Å². The van der Waals surface area contributed by atoms with Crippen LogP contribution < -0.4 is 10.9 Å². The molecule has 0 spiro atoms. The Labute approximate surface area is 138 Å². The van der Waals surface area contributed by atoms with Crippen LogP contribution in [0.25, 0.3) is 10.8 Å². The van der Waals surface area contributed by atoms with Gasteiger partial charge in [-0.15, -0.1) is 0 Å². The largest absolute Gasteiger partial charge is 0.383 e. The van der Waals surface area contributed by atoms with E-state index in [2.05, 4.69) is 10.4 Å². The van der Waals surface area contributed by atoms with E-state index in [4.69, 9.17) is 4.74 Å². The maximum Gasteiger partial charge on any atom is 0.276 e. The average Bonchev–Trinajstić information content (AvgIpc) is 2.61. The number of nitrogens with zero attached hydrogens (tertiary/aromatic N) is 2. The molecule has 24 heavy (non-hydrogen) atoms. The molecule has 3 rings (SSSR count). The lowest BCUT2D eigenvalue weighted by Gasteiger charge is -2.09. The van der Waals surface area contributed by atoms with E-state index in [1.165, 1.54) is 16.8 Å². The molecular formula is C18H17N3O3. The van der Waals surface area contributed by atoms with Crippen LogP contribution in [0.2, 0.25) is 0 Å². The molecule has 1 amide bonds. The first kappa shape index (κ1) is 15.9. The van der Waals surface area contributed by atoms with Gasteiger partial charge in [0.2, 0.25) is 0 Å². The molecule has 0 saturated carbocycles. The second-order valence-electron chi connectivity index (χ2n) is 5.25. The van der Waals surface area contributed by atoms with Gasteiger partial charge in [-0.3, -0.25) is 9.59 Å². The molecule has 0 aliphatic carbocycles. The third-order valence-corrected chi connectivity index (χ3v) is 3.64. The first-order valence-corrected chi connectivity index (χ1v) is 7.55. The van der Waals surface area contributed by atoms with Gasteiger partial charge in [-0.2, -0.15) is 5.10 Å². The van der Waals surface area contributed by atoms with Crippen molar-refractivity contribution < 1.29 is 9.53 Å². The van der Waals surface area contributed by atoms with Crippen molar-refractivity contribution in [1.29, 1.82) is 0 Å². The lowest BCUT2D eigenvalue weighted by atomic mass is 10.1. The topological polar surface area (TPSA) is 73.2 Å². The molecule has 0 bridgehead atoms. The Hall–Kier alpha value is -2.99. The molecule has 1 heterocycles. The van der Waals surface area contributed by atoms with E-state index in [9.17, 15) is 9.59 Å². The zero-order valence-electron chi connectivity index (χ0n) is 13.2. The van der Waals surface area contributed by atoms with Crippen LogP contribution in [0.4, 0.5) is 5.69 Å². The number of nitrogens with one attached hydrogen (secondary N) is 1. The van der Waals surface area contributed by atoms with E-state index in [0.29, 0.717) is 18.8 Å². The van der Waals surface area contributed by atoms with E-state index >= 15 is 0 Å². The van der Waals surface area contributed by atoms with E-state index < -0.39 is 0 Å². The molecule has 1 N–H and O–H groups in total. The molecule has 0 atom stereocenters. The molecule has 122 valence electrons. The quantitative estimate of drug-likeness (QED) is 0.782. The molecule has 0 aliphatic heterocycles. The van der Waals surface area contributed by atoms with Gasteiger partial charge in [0.25, 0.3) is 11.5 Å². The Morgan fingerprint density at radius 2 is 1.92 bits per heavy atom. The van der Waals surface area contributed by atoms with E-state index in [0.717, 1.165) is 10.8 Å². The Bertz CT molecular complexity index is 929. The van der Waals surface area contributed by atoms with Crippen molar-refractivity contribution in [3.63, 3.8) is 0 Å². The molecule has 3 aromatic rings. The smallest absolute Gasteiger partial charge is 0.276 e. The van der Waals surface area contributed by atoms with Gasteiger partial charge >= 0.3 is 0 Å². The number of carbonyl (C=O) groups excluding carboxylic acids is 1. The van der Waals surface area contributed by atoms with Crippen molar-refractivity contribution in [2.75, 3.05) is 19.0 Å². The summed E-state index contributed by atoms with van der Waals surface area (Å²) >= 11 is 0. The van der Waals surface area contributed by atoms with Crippen molar-refractivity contribution in [1.82, 2.24) is 9.78 Å². The molecule has 0 fully saturated rings. The van der Waals surface area contributed by atoms with Crippen LogP contribution in [0, 0.1) is 0 Å². The maximum atomic E-state index is 12.5. The fraction of sp³-hybridized carbons (Fsp3) is 0.167. The summed E-state index contributed by atoms with van der Waals surface area (Å²) in [6.45, 7) is 0.645. The fourth-order valence-electron chi connectivity index (χ4n) is 2.43. The van der Waals surface area contributed by atoms with Crippen LogP contribution in [-0.2, 0) is 11.3 Å². The third-order valence-electron chi connectivity index (χ3n) is 3.64. The van der Waals surface area contributed by atoms with Crippen LogP contribution in [0.1, 0.15) is 10.5 Å². The second-order valence-corrected chi connectivity index (χ2v) is 5.25. The summed E-state index contributed by atoms with van der Waals surface area (Å²) in [6, 6.07) is 16.2. The van der Waals surface area contributed by atoms with E-state index in [1.807, 2.05) is 42.5 Å². The lowest BCUT2D eigenvalue weighted by Crippen LogP contribution is -2.27. The van der Waals surface area contributed by atoms with E-state index in [1.54, 1.807) is 7.11 Å². The number of fused-ring (bicyclic) bond motifs is 1. The lowest BCUT2D eigenvalue weighted by molar-refractivity contribution is 0.101. The number of carbonyl (C=O) groups is 1. The highest BCUT2D eigenvalue weighted by Crippen LogP contribution is 2.23. The van der Waals surface area contributed by atoms with Gasteiger partial charge < -0.3 is 10.1 Å². The normalized spacial score (nSPS) is 10.7. The van der Waals surface area contributed by atoms with Gasteiger partial charge in [0.15, 0.2) is 0 Å². The third kappa shape index (κ3) is 3.33. The molecule has 2 aromatic carbocycles. The second kappa shape index (κ2) is 7.06. The molecule has 6 nitrogen and oxygen atoms in total. The summed E-state index contributed by atoms with van der Waals surface area (Å²) in [5.74, 6) is -0.363. The number of benzene rings is 2. The predicted molar refractivity (Wildman–Crippen MR) is 92.3 cm³/mol. The van der Waals surface area contributed by atoms with Crippen molar-refractivity contribution in [2.45, 2.75) is 6.54 Å². The van der Waals surface area contributed by atoms with Gasteiger partial charge in [-0.05, 0) is 17.5 Å².